The summed E-state index contributed by atoms with van der Waals surface area (Å²) in [5, 5.41) is 24.4. The van der Waals surface area contributed by atoms with Crippen molar-refractivity contribution >= 4 is 60.8 Å². The highest BCUT2D eigenvalue weighted by molar-refractivity contribution is 6.27. The summed E-state index contributed by atoms with van der Waals surface area (Å²) >= 11 is 0. The van der Waals surface area contributed by atoms with Crippen LogP contribution in [-0.2, 0) is 0 Å². The Balaban J connectivity index is 1.23. The first-order valence-electron chi connectivity index (χ1n) is 16.4. The second-order valence-electron chi connectivity index (χ2n) is 12.2. The van der Waals surface area contributed by atoms with Crippen molar-refractivity contribution in [3.05, 3.63) is 187 Å². The van der Waals surface area contributed by atoms with Gasteiger partial charge in [-0.25, -0.2) is 0 Å². The van der Waals surface area contributed by atoms with Crippen LogP contribution in [0.25, 0.3) is 54.9 Å². The summed E-state index contributed by atoms with van der Waals surface area (Å²) in [6.07, 6.45) is 2.15. The van der Waals surface area contributed by atoms with Crippen LogP contribution in [0.1, 0.15) is 11.1 Å². The summed E-state index contributed by atoms with van der Waals surface area (Å²) in [5.41, 5.74) is 7.82. The molecule has 0 atom stereocenters. The Hall–Kier alpha value is -6.72. The van der Waals surface area contributed by atoms with Crippen molar-refractivity contribution in [3.8, 4) is 11.4 Å². The first-order chi connectivity index (χ1) is 24.2. The number of rotatable bonds is 5. The molecule has 2 N–H and O–H groups in total. The van der Waals surface area contributed by atoms with E-state index in [1.54, 1.807) is 4.90 Å². The Labute approximate surface area is 283 Å². The fraction of sp³-hybridized carbons (Fsp3) is 0. The van der Waals surface area contributed by atoms with E-state index in [4.69, 9.17) is 0 Å². The lowest BCUT2D eigenvalue weighted by molar-refractivity contribution is 1.13. The van der Waals surface area contributed by atoms with Crippen molar-refractivity contribution in [2.75, 3.05) is 4.90 Å². The largest absolute Gasteiger partial charge is 0.317 e. The summed E-state index contributed by atoms with van der Waals surface area (Å²) in [4.78, 5) is 1.71. The maximum Gasteiger partial charge on any atom is 0.138 e. The van der Waals surface area contributed by atoms with Gasteiger partial charge in [0.15, 0.2) is 0 Å². The molecule has 0 unspecified atom stereocenters. The molecule has 49 heavy (non-hydrogen) atoms. The van der Waals surface area contributed by atoms with Gasteiger partial charge in [0.05, 0.1) is 16.6 Å². The highest BCUT2D eigenvalue weighted by Gasteiger charge is 2.22. The quantitative estimate of drug-likeness (QED) is 0.144. The van der Waals surface area contributed by atoms with Gasteiger partial charge in [0.2, 0.25) is 0 Å². The van der Waals surface area contributed by atoms with E-state index in [2.05, 4.69) is 106 Å². The molecule has 0 spiro atoms. The van der Waals surface area contributed by atoms with Gasteiger partial charge in [-0.2, -0.15) is 0 Å². The summed E-state index contributed by atoms with van der Waals surface area (Å²) in [7, 11) is 0. The fourth-order valence-corrected chi connectivity index (χ4v) is 7.07. The van der Waals surface area contributed by atoms with Gasteiger partial charge in [-0.15, -0.1) is 0 Å². The Bertz CT molecular complexity index is 2620. The minimum atomic E-state index is 0.246. The molecule has 0 bridgehead atoms. The first-order valence-corrected chi connectivity index (χ1v) is 16.4. The molecular weight excluding hydrogens is 599 g/mol. The van der Waals surface area contributed by atoms with E-state index in [1.807, 2.05) is 78.9 Å². The van der Waals surface area contributed by atoms with Gasteiger partial charge in [-0.3, -0.25) is 15.7 Å². The Morgan fingerprint density at radius 1 is 0.449 bits per heavy atom. The molecule has 0 aliphatic rings. The molecule has 0 aliphatic heterocycles. The van der Waals surface area contributed by atoms with Crippen molar-refractivity contribution in [2.24, 2.45) is 0 Å². The number of nitrogens with one attached hydrogen (secondary N) is 2. The van der Waals surface area contributed by atoms with Gasteiger partial charge in [-0.1, -0.05) is 109 Å². The van der Waals surface area contributed by atoms with Crippen LogP contribution in [0.2, 0.25) is 0 Å². The van der Waals surface area contributed by atoms with Crippen molar-refractivity contribution in [1.29, 1.82) is 10.8 Å². The van der Waals surface area contributed by atoms with Crippen LogP contribution in [0, 0.1) is 10.8 Å². The normalized spacial score (nSPS) is 11.4. The summed E-state index contributed by atoms with van der Waals surface area (Å²) < 4.78 is 4.61. The minimum absolute atomic E-state index is 0.246. The predicted octanol–water partition coefficient (Wildman–Crippen LogP) is 10.7. The zero-order valence-corrected chi connectivity index (χ0v) is 26.6. The second-order valence-corrected chi connectivity index (χ2v) is 12.2. The van der Waals surface area contributed by atoms with Gasteiger partial charge in [0, 0.05) is 55.9 Å². The number of anilines is 1. The minimum Gasteiger partial charge on any atom is -0.317 e. The number of hydrogen-bond donors (Lipinski definition) is 2. The Morgan fingerprint density at radius 2 is 1.06 bits per heavy atom. The molecule has 2 heterocycles. The molecule has 0 fully saturated rings. The lowest BCUT2D eigenvalue weighted by Crippen LogP contribution is -2.37. The third-order valence-corrected chi connectivity index (χ3v) is 9.40. The number of amidine groups is 2. The van der Waals surface area contributed by atoms with Crippen LogP contribution in [-0.4, -0.2) is 20.8 Å². The van der Waals surface area contributed by atoms with E-state index >= 15 is 0 Å². The molecule has 0 amide bonds. The second kappa shape index (κ2) is 11.5. The molecule has 7 aromatic carbocycles. The third kappa shape index (κ3) is 4.71. The van der Waals surface area contributed by atoms with Gasteiger partial charge in [0.1, 0.15) is 11.7 Å². The molecule has 9 aromatic rings. The molecule has 2 aromatic heterocycles. The maximum absolute atomic E-state index is 9.21. The van der Waals surface area contributed by atoms with Crippen LogP contribution in [0.15, 0.2) is 176 Å². The Kier molecular flexibility index (Phi) is 6.69. The lowest BCUT2D eigenvalue weighted by atomic mass is 10.0. The average Bonchev–Trinajstić information content (AvgIpc) is 3.74. The molecular formula is C44H31N5. The third-order valence-electron chi connectivity index (χ3n) is 9.40. The number of hydrogen-bond acceptors (Lipinski definition) is 2. The summed E-state index contributed by atoms with van der Waals surface area (Å²) in [6, 6.07) is 57.8. The van der Waals surface area contributed by atoms with Gasteiger partial charge in [0.25, 0.3) is 0 Å². The molecule has 9 rings (SSSR count). The molecule has 232 valence electrons. The fourth-order valence-electron chi connectivity index (χ4n) is 7.07. The van der Waals surface area contributed by atoms with Crippen LogP contribution in [0.3, 0.4) is 0 Å². The number of fused-ring (bicyclic) bond motifs is 6. The average molecular weight is 630 g/mol. The number of aromatic nitrogens is 2. The smallest absolute Gasteiger partial charge is 0.138 e. The standard InChI is InChI=1S/C44H31N5/c45-43(30-12-4-1-5-13-30)49(44(46)31-14-6-2-7-15-31)36-23-21-35(22-24-36)48-40-19-11-10-18-37(40)38-25-20-32-28-33-26-27-47(34-16-8-3-9-17-34)41(33)29-39(32)42(38)48/h1-29,45-46H. The molecule has 0 saturated carbocycles. The predicted molar refractivity (Wildman–Crippen MR) is 204 cm³/mol. The van der Waals surface area contributed by atoms with Crippen LogP contribution in [0.4, 0.5) is 5.69 Å². The zero-order chi connectivity index (χ0) is 32.9. The molecule has 5 heteroatoms. The highest BCUT2D eigenvalue weighted by Crippen LogP contribution is 2.39. The molecule has 0 radical (unpaired) electrons. The zero-order valence-electron chi connectivity index (χ0n) is 26.6. The Morgan fingerprint density at radius 3 is 1.73 bits per heavy atom. The van der Waals surface area contributed by atoms with E-state index in [0.29, 0.717) is 0 Å². The van der Waals surface area contributed by atoms with E-state index in [-0.39, 0.29) is 11.7 Å². The van der Waals surface area contributed by atoms with Crippen molar-refractivity contribution in [2.45, 2.75) is 0 Å². The van der Waals surface area contributed by atoms with Crippen molar-refractivity contribution in [3.63, 3.8) is 0 Å². The van der Waals surface area contributed by atoms with E-state index in [1.165, 1.54) is 26.9 Å². The van der Waals surface area contributed by atoms with E-state index in [9.17, 15) is 10.8 Å². The maximum atomic E-state index is 9.21. The van der Waals surface area contributed by atoms with Gasteiger partial charge >= 0.3 is 0 Å². The molecule has 0 aliphatic carbocycles. The van der Waals surface area contributed by atoms with E-state index in [0.717, 1.165) is 44.7 Å². The highest BCUT2D eigenvalue weighted by atomic mass is 15.2. The summed E-state index contributed by atoms with van der Waals surface area (Å²) in [5.74, 6) is 0.492. The van der Waals surface area contributed by atoms with Crippen LogP contribution < -0.4 is 4.90 Å². The number of para-hydroxylation sites is 2. The van der Waals surface area contributed by atoms with Gasteiger partial charge in [-0.05, 0) is 66.0 Å². The van der Waals surface area contributed by atoms with Crippen LogP contribution >= 0.6 is 0 Å². The molecule has 5 nitrogen and oxygen atoms in total. The van der Waals surface area contributed by atoms with E-state index < -0.39 is 0 Å². The first kappa shape index (κ1) is 28.5. The SMILES string of the molecule is N=C(c1ccccc1)N(C(=N)c1ccccc1)c1ccc(-n2c3ccccc3c3ccc4cc5ccn(-c6ccccc6)c5cc4c32)cc1. The van der Waals surface area contributed by atoms with Crippen molar-refractivity contribution < 1.29 is 0 Å². The number of benzene rings is 7. The summed E-state index contributed by atoms with van der Waals surface area (Å²) in [6.45, 7) is 0. The van der Waals surface area contributed by atoms with Crippen LogP contribution in [0.5, 0.6) is 0 Å². The van der Waals surface area contributed by atoms with Crippen molar-refractivity contribution in [1.82, 2.24) is 9.13 Å². The number of nitrogens with zero attached hydrogens (tertiary/aromatic N) is 3. The monoisotopic (exact) mass is 629 g/mol. The topological polar surface area (TPSA) is 60.8 Å². The molecule has 0 saturated heterocycles. The lowest BCUT2D eigenvalue weighted by Gasteiger charge is -2.26. The van der Waals surface area contributed by atoms with Gasteiger partial charge < -0.3 is 9.13 Å².